The number of phenolic OH excluding ortho intramolecular Hbond substituents is 1. The molecule has 6 heteroatoms. The first-order valence-electron chi connectivity index (χ1n) is 11.8. The first-order valence-corrected chi connectivity index (χ1v) is 11.8. The van der Waals surface area contributed by atoms with Gasteiger partial charge in [0.05, 0.1) is 6.61 Å². The van der Waals surface area contributed by atoms with Gasteiger partial charge in [-0.2, -0.15) is 0 Å². The Morgan fingerprint density at radius 1 is 1.10 bits per heavy atom. The smallest absolute Gasteiger partial charge is 0.229 e. The number of hydrogen-bond acceptors (Lipinski definition) is 6. The van der Waals surface area contributed by atoms with E-state index in [0.717, 1.165) is 24.0 Å². The molecular weight excluding hydrogens is 396 g/mol. The number of aliphatic hydroxyl groups excluding tert-OH is 3. The van der Waals surface area contributed by atoms with E-state index in [0.29, 0.717) is 17.8 Å². The van der Waals surface area contributed by atoms with E-state index in [4.69, 9.17) is 9.47 Å². The predicted molar refractivity (Wildman–Crippen MR) is 119 cm³/mol. The monoisotopic (exact) mass is 436 g/mol. The van der Waals surface area contributed by atoms with Crippen molar-refractivity contribution in [2.75, 3.05) is 6.61 Å². The van der Waals surface area contributed by atoms with Crippen LogP contribution in [0.1, 0.15) is 88.3 Å². The maximum atomic E-state index is 11.2. The van der Waals surface area contributed by atoms with Gasteiger partial charge < -0.3 is 29.9 Å². The highest BCUT2D eigenvalue weighted by Gasteiger charge is 2.40. The van der Waals surface area contributed by atoms with Crippen molar-refractivity contribution in [2.24, 2.45) is 11.8 Å². The number of aromatic hydroxyl groups is 1. The summed E-state index contributed by atoms with van der Waals surface area (Å²) in [5.41, 5.74) is 2.92. The van der Waals surface area contributed by atoms with Crippen LogP contribution in [0.3, 0.4) is 0 Å². The molecule has 0 radical (unpaired) electrons. The Labute approximate surface area is 186 Å². The van der Waals surface area contributed by atoms with Crippen LogP contribution < -0.4 is 4.74 Å². The van der Waals surface area contributed by atoms with Gasteiger partial charge in [0, 0.05) is 5.56 Å². The summed E-state index contributed by atoms with van der Waals surface area (Å²) in [5, 5.41) is 41.0. The molecular formula is C25H40O6. The van der Waals surface area contributed by atoms with Gasteiger partial charge in [0.2, 0.25) is 6.29 Å². The number of benzene rings is 1. The number of aliphatic hydroxyl groups is 3. The summed E-state index contributed by atoms with van der Waals surface area (Å²) in [7, 11) is 0. The molecule has 31 heavy (non-hydrogen) atoms. The van der Waals surface area contributed by atoms with E-state index in [1.807, 2.05) is 6.92 Å². The largest absolute Gasteiger partial charge is 0.504 e. The topological polar surface area (TPSA) is 99.4 Å². The second-order valence-electron chi connectivity index (χ2n) is 10.1. The molecule has 1 aliphatic heterocycles. The Balaban J connectivity index is 1.85. The average Bonchev–Trinajstić information content (AvgIpc) is 2.70. The second kappa shape index (κ2) is 10.1. The molecule has 0 aromatic heterocycles. The molecule has 6 nitrogen and oxygen atoms in total. The van der Waals surface area contributed by atoms with E-state index in [9.17, 15) is 20.4 Å². The van der Waals surface area contributed by atoms with Crippen LogP contribution in [0, 0.1) is 18.8 Å². The van der Waals surface area contributed by atoms with Gasteiger partial charge in [-0.15, -0.1) is 0 Å². The van der Waals surface area contributed by atoms with Gasteiger partial charge >= 0.3 is 0 Å². The molecule has 176 valence electrons. The van der Waals surface area contributed by atoms with Crippen molar-refractivity contribution in [1.29, 1.82) is 0 Å². The van der Waals surface area contributed by atoms with E-state index in [1.54, 1.807) is 0 Å². The fourth-order valence-electron chi connectivity index (χ4n) is 5.16. The predicted octanol–water partition coefficient (Wildman–Crippen LogP) is 3.96. The number of phenols is 1. The Bertz CT molecular complexity index is 748. The number of fused-ring (bicyclic) bond motifs is 1. The van der Waals surface area contributed by atoms with Crippen LogP contribution in [0.15, 0.2) is 6.07 Å². The fourth-order valence-corrected chi connectivity index (χ4v) is 5.16. The van der Waals surface area contributed by atoms with Gasteiger partial charge in [-0.1, -0.05) is 53.0 Å². The summed E-state index contributed by atoms with van der Waals surface area (Å²) in [6, 6.07) is 2.12. The summed E-state index contributed by atoms with van der Waals surface area (Å²) < 4.78 is 11.2. The average molecular weight is 437 g/mol. The van der Waals surface area contributed by atoms with Crippen molar-refractivity contribution in [2.45, 2.75) is 103 Å². The minimum Gasteiger partial charge on any atom is -0.504 e. The molecule has 3 rings (SSSR count). The van der Waals surface area contributed by atoms with Crippen molar-refractivity contribution in [3.05, 3.63) is 22.8 Å². The Kier molecular flexibility index (Phi) is 7.90. The lowest BCUT2D eigenvalue weighted by Crippen LogP contribution is -2.54. The lowest BCUT2D eigenvalue weighted by atomic mass is 9.70. The van der Waals surface area contributed by atoms with Gasteiger partial charge in [0.1, 0.15) is 18.3 Å². The molecule has 1 aliphatic carbocycles. The van der Waals surface area contributed by atoms with Crippen LogP contribution in [0.25, 0.3) is 0 Å². The van der Waals surface area contributed by atoms with E-state index < -0.39 is 24.6 Å². The SMILES string of the molecule is Cc1cc2c(c(O)c1O[C@H]1OC[C@H](O)[C@H](O)[C@H]1O)[C@@H](C)CC[C@@H]2[C@@H](C)CCCC(C)C. The van der Waals surface area contributed by atoms with Gasteiger partial charge in [0.15, 0.2) is 11.5 Å². The molecule has 0 saturated carbocycles. The van der Waals surface area contributed by atoms with Crippen LogP contribution in [0.2, 0.25) is 0 Å². The third-order valence-electron chi connectivity index (χ3n) is 7.13. The standard InChI is InChI=1S/C25H40O6/c1-13(2)7-6-8-14(3)17-10-9-15(4)20-18(17)11-16(5)24(22(20)28)31-25-23(29)21(27)19(26)12-30-25/h11,13-15,17,19,21,23,25-29H,6-10,12H2,1-5H3/t14-,15-,17+,19-,21-,23+,25+/m0/s1. The lowest BCUT2D eigenvalue weighted by Gasteiger charge is -2.37. The second-order valence-corrected chi connectivity index (χ2v) is 10.1. The summed E-state index contributed by atoms with van der Waals surface area (Å²) in [4.78, 5) is 0. The van der Waals surface area contributed by atoms with Crippen LogP contribution in [0.4, 0.5) is 0 Å². The first-order chi connectivity index (χ1) is 14.6. The molecule has 7 atom stereocenters. The van der Waals surface area contributed by atoms with Crippen molar-refractivity contribution in [1.82, 2.24) is 0 Å². The highest BCUT2D eigenvalue weighted by atomic mass is 16.7. The van der Waals surface area contributed by atoms with Crippen molar-refractivity contribution < 1.29 is 29.9 Å². The maximum absolute atomic E-state index is 11.2. The van der Waals surface area contributed by atoms with Crippen molar-refractivity contribution >= 4 is 0 Å². The molecule has 4 N–H and O–H groups in total. The van der Waals surface area contributed by atoms with Gasteiger partial charge in [-0.05, 0) is 54.6 Å². The summed E-state index contributed by atoms with van der Waals surface area (Å²) in [6.07, 6.45) is 0.700. The fraction of sp³-hybridized carbons (Fsp3) is 0.760. The molecule has 2 aliphatic rings. The minimum absolute atomic E-state index is 0.109. The summed E-state index contributed by atoms with van der Waals surface area (Å²) in [6.45, 7) is 10.7. The van der Waals surface area contributed by atoms with E-state index in [2.05, 4.69) is 33.8 Å². The molecule has 1 aromatic carbocycles. The third-order valence-corrected chi connectivity index (χ3v) is 7.13. The zero-order valence-corrected chi connectivity index (χ0v) is 19.5. The molecule has 0 bridgehead atoms. The number of hydrogen-bond donors (Lipinski definition) is 4. The summed E-state index contributed by atoms with van der Waals surface area (Å²) in [5.74, 6) is 2.26. The van der Waals surface area contributed by atoms with Crippen LogP contribution >= 0.6 is 0 Å². The zero-order valence-electron chi connectivity index (χ0n) is 19.5. The molecule has 1 aromatic rings. The van der Waals surface area contributed by atoms with Gasteiger partial charge in [-0.3, -0.25) is 0 Å². The zero-order chi connectivity index (χ0) is 22.9. The molecule has 0 spiro atoms. The quantitative estimate of drug-likeness (QED) is 0.516. The van der Waals surface area contributed by atoms with Gasteiger partial charge in [-0.25, -0.2) is 0 Å². The lowest BCUT2D eigenvalue weighted by molar-refractivity contribution is -0.242. The first kappa shape index (κ1) is 24.3. The third kappa shape index (κ3) is 5.19. The molecule has 0 unspecified atom stereocenters. The van der Waals surface area contributed by atoms with Gasteiger partial charge in [0.25, 0.3) is 0 Å². The Morgan fingerprint density at radius 3 is 2.48 bits per heavy atom. The molecule has 1 heterocycles. The van der Waals surface area contributed by atoms with Crippen molar-refractivity contribution in [3.63, 3.8) is 0 Å². The Morgan fingerprint density at radius 2 is 1.81 bits per heavy atom. The van der Waals surface area contributed by atoms with Crippen molar-refractivity contribution in [3.8, 4) is 11.5 Å². The summed E-state index contributed by atoms with van der Waals surface area (Å²) >= 11 is 0. The highest BCUT2D eigenvalue weighted by molar-refractivity contribution is 5.57. The number of aryl methyl sites for hydroxylation is 1. The minimum atomic E-state index is -1.40. The normalized spacial score (nSPS) is 32.0. The van der Waals surface area contributed by atoms with Crippen LogP contribution in [-0.4, -0.2) is 51.6 Å². The molecule has 1 fully saturated rings. The number of rotatable bonds is 7. The highest BCUT2D eigenvalue weighted by Crippen LogP contribution is 2.51. The molecule has 1 saturated heterocycles. The van der Waals surface area contributed by atoms with Crippen LogP contribution in [0.5, 0.6) is 11.5 Å². The van der Waals surface area contributed by atoms with E-state index in [1.165, 1.54) is 24.8 Å². The van der Waals surface area contributed by atoms with E-state index in [-0.39, 0.29) is 24.0 Å². The van der Waals surface area contributed by atoms with Crippen LogP contribution in [-0.2, 0) is 4.74 Å². The number of ether oxygens (including phenoxy) is 2. The molecule has 0 amide bonds. The maximum Gasteiger partial charge on any atom is 0.229 e. The van der Waals surface area contributed by atoms with E-state index >= 15 is 0 Å². The Hall–Kier alpha value is -1.34.